The first-order valence-electron chi connectivity index (χ1n) is 11.8. The Morgan fingerprint density at radius 1 is 1.21 bits per heavy atom. The highest BCUT2D eigenvalue weighted by Gasteiger charge is 2.25. The number of aromatic amines is 1. The normalized spacial score (nSPS) is 16.2. The van der Waals surface area contributed by atoms with Crippen molar-refractivity contribution in [3.05, 3.63) is 84.7 Å². The van der Waals surface area contributed by atoms with Crippen LogP contribution in [-0.2, 0) is 27.6 Å². The molecule has 1 aliphatic carbocycles. The largest absolute Gasteiger partial charge is 0.451 e. The van der Waals surface area contributed by atoms with Crippen LogP contribution in [0.3, 0.4) is 0 Å². The second-order valence-electron chi connectivity index (χ2n) is 9.29. The number of carbonyl (C=O) groups excluding carboxylic acids is 1. The topological polar surface area (TPSA) is 118 Å². The number of rotatable bonds is 6. The van der Waals surface area contributed by atoms with Crippen LogP contribution in [0.15, 0.2) is 52.2 Å². The van der Waals surface area contributed by atoms with Crippen LogP contribution in [-0.4, -0.2) is 24.4 Å². The fourth-order valence-corrected chi connectivity index (χ4v) is 7.24. The van der Waals surface area contributed by atoms with E-state index in [1.807, 2.05) is 0 Å². The fourth-order valence-electron chi connectivity index (χ4n) is 4.41. The van der Waals surface area contributed by atoms with Crippen LogP contribution < -0.4 is 10.3 Å². The third-order valence-corrected chi connectivity index (χ3v) is 9.67. The molecule has 2 atom stereocenters. The van der Waals surface area contributed by atoms with Crippen LogP contribution in [0, 0.1) is 5.92 Å². The van der Waals surface area contributed by atoms with Crippen LogP contribution in [0.5, 0.6) is 0 Å². The Morgan fingerprint density at radius 2 is 2.00 bits per heavy atom. The zero-order valence-electron chi connectivity index (χ0n) is 20.4. The zero-order chi connectivity index (χ0) is 27.2. The lowest BCUT2D eigenvalue weighted by Crippen LogP contribution is -2.18. The highest BCUT2D eigenvalue weighted by atomic mass is 35.5. The van der Waals surface area contributed by atoms with E-state index >= 15 is 0 Å². The van der Waals surface area contributed by atoms with Crippen molar-refractivity contribution in [2.45, 2.75) is 44.1 Å². The molecule has 2 heterocycles. The molecule has 198 valence electrons. The average Bonchev–Trinajstić information content (AvgIpc) is 3.23. The smallest absolute Gasteiger partial charge is 0.338 e. The number of fused-ring (bicyclic) bond motifs is 3. The molecule has 38 heavy (non-hydrogen) atoms. The second kappa shape index (κ2) is 10.3. The molecule has 0 amide bonds. The van der Waals surface area contributed by atoms with Crippen LogP contribution in [0.25, 0.3) is 10.2 Å². The molecule has 0 radical (unpaired) electrons. The number of aryl methyl sites for hydroxylation is 1. The van der Waals surface area contributed by atoms with Gasteiger partial charge in [0.15, 0.2) is 11.9 Å². The number of sulfonamides is 1. The summed E-state index contributed by atoms with van der Waals surface area (Å²) in [5.74, 6) is 0.118. The number of carbonyl (C=O) groups is 1. The van der Waals surface area contributed by atoms with E-state index in [1.54, 1.807) is 6.92 Å². The van der Waals surface area contributed by atoms with Gasteiger partial charge in [-0.15, -0.1) is 11.3 Å². The Morgan fingerprint density at radius 3 is 2.76 bits per heavy atom. The summed E-state index contributed by atoms with van der Waals surface area (Å²) in [4.78, 5) is 34.9. The van der Waals surface area contributed by atoms with Gasteiger partial charge in [0.25, 0.3) is 15.6 Å². The molecule has 2 N–H and O–H groups in total. The van der Waals surface area contributed by atoms with Gasteiger partial charge in [0.2, 0.25) is 0 Å². The van der Waals surface area contributed by atoms with Crippen molar-refractivity contribution in [2.24, 2.45) is 5.92 Å². The SMILES string of the molecule is C[C@@H]1CCc2c(sc3nc([C@@H](C)OC(=O)c4cccc(NS(=O)(=O)c5ccc(Cl)c(Cl)c5)c4)[nH]c(=O)c23)C1. The lowest BCUT2D eigenvalue weighted by Gasteiger charge is -2.17. The molecule has 12 heteroatoms. The number of ether oxygens (including phenoxy) is 1. The van der Waals surface area contributed by atoms with Crippen LogP contribution in [0.2, 0.25) is 10.0 Å². The number of halogens is 2. The molecule has 0 saturated heterocycles. The van der Waals surface area contributed by atoms with Crippen molar-refractivity contribution in [2.75, 3.05) is 4.72 Å². The van der Waals surface area contributed by atoms with Gasteiger partial charge >= 0.3 is 5.97 Å². The number of anilines is 1. The van der Waals surface area contributed by atoms with E-state index in [9.17, 15) is 18.0 Å². The van der Waals surface area contributed by atoms with Gasteiger partial charge in [-0.2, -0.15) is 0 Å². The van der Waals surface area contributed by atoms with E-state index in [2.05, 4.69) is 21.6 Å². The van der Waals surface area contributed by atoms with E-state index in [1.165, 1.54) is 58.7 Å². The highest BCUT2D eigenvalue weighted by Crippen LogP contribution is 2.36. The number of hydrogen-bond acceptors (Lipinski definition) is 7. The number of H-pyrrole nitrogens is 1. The number of esters is 1. The van der Waals surface area contributed by atoms with Crippen molar-refractivity contribution >= 4 is 66.4 Å². The maximum atomic E-state index is 12.9. The number of nitrogens with one attached hydrogen (secondary N) is 2. The molecule has 5 rings (SSSR count). The van der Waals surface area contributed by atoms with Crippen LogP contribution >= 0.6 is 34.5 Å². The predicted molar refractivity (Wildman–Crippen MR) is 149 cm³/mol. The molecule has 4 aromatic rings. The maximum absolute atomic E-state index is 12.9. The van der Waals surface area contributed by atoms with Crippen molar-refractivity contribution < 1.29 is 17.9 Å². The van der Waals surface area contributed by atoms with Gasteiger partial charge in [-0.25, -0.2) is 18.2 Å². The average molecular weight is 593 g/mol. The number of nitrogens with zero attached hydrogens (tertiary/aromatic N) is 1. The van der Waals surface area contributed by atoms with Gasteiger partial charge in [-0.05, 0) is 74.1 Å². The van der Waals surface area contributed by atoms with E-state index < -0.39 is 22.1 Å². The monoisotopic (exact) mass is 591 g/mol. The fraction of sp³-hybridized carbons (Fsp3) is 0.269. The summed E-state index contributed by atoms with van der Waals surface area (Å²) in [6.07, 6.45) is 1.99. The Kier molecular flexibility index (Phi) is 7.25. The molecule has 0 unspecified atom stereocenters. The molecule has 2 aromatic carbocycles. The summed E-state index contributed by atoms with van der Waals surface area (Å²) in [6, 6.07) is 9.83. The van der Waals surface area contributed by atoms with Gasteiger partial charge in [0, 0.05) is 10.6 Å². The van der Waals surface area contributed by atoms with E-state index in [4.69, 9.17) is 27.9 Å². The molecule has 1 aliphatic rings. The highest BCUT2D eigenvalue weighted by molar-refractivity contribution is 7.92. The molecule has 0 aliphatic heterocycles. The minimum atomic E-state index is -3.99. The van der Waals surface area contributed by atoms with E-state index in [-0.39, 0.29) is 37.6 Å². The Balaban J connectivity index is 1.34. The summed E-state index contributed by atoms with van der Waals surface area (Å²) < 4.78 is 33.5. The third-order valence-electron chi connectivity index (χ3n) is 6.40. The molecule has 0 bridgehead atoms. The van der Waals surface area contributed by atoms with Crippen molar-refractivity contribution in [3.8, 4) is 0 Å². The first-order chi connectivity index (χ1) is 18.0. The third kappa shape index (κ3) is 5.31. The predicted octanol–water partition coefficient (Wildman–Crippen LogP) is 6.14. The Labute approximate surface area is 233 Å². The summed E-state index contributed by atoms with van der Waals surface area (Å²) in [5.41, 5.74) is 1.12. The van der Waals surface area contributed by atoms with Crippen LogP contribution in [0.1, 0.15) is 53.0 Å². The first kappa shape index (κ1) is 26.7. The summed E-state index contributed by atoms with van der Waals surface area (Å²) in [7, 11) is -3.99. The lowest BCUT2D eigenvalue weighted by atomic mass is 9.89. The lowest BCUT2D eigenvalue weighted by molar-refractivity contribution is 0.0320. The minimum absolute atomic E-state index is 0.0800. The van der Waals surface area contributed by atoms with Crippen molar-refractivity contribution in [1.29, 1.82) is 0 Å². The van der Waals surface area contributed by atoms with Gasteiger partial charge in [-0.3, -0.25) is 9.52 Å². The molecule has 0 fully saturated rings. The van der Waals surface area contributed by atoms with Gasteiger partial charge in [0.05, 0.1) is 25.9 Å². The molecule has 0 saturated carbocycles. The van der Waals surface area contributed by atoms with E-state index in [0.717, 1.165) is 24.8 Å². The molecular weight excluding hydrogens is 569 g/mol. The molecule has 0 spiro atoms. The van der Waals surface area contributed by atoms with Gasteiger partial charge in [0.1, 0.15) is 4.83 Å². The quantitative estimate of drug-likeness (QED) is 0.260. The summed E-state index contributed by atoms with van der Waals surface area (Å²) >= 11 is 13.3. The molecule has 2 aromatic heterocycles. The zero-order valence-corrected chi connectivity index (χ0v) is 23.5. The Bertz CT molecular complexity index is 1730. The van der Waals surface area contributed by atoms with Crippen molar-refractivity contribution in [3.63, 3.8) is 0 Å². The standard InChI is InChI=1S/C26H23Cl2N3O5S2/c1-13-6-8-18-21(10-13)37-25-22(18)24(32)29-23(30-25)14(2)36-26(33)15-4-3-5-16(11-15)31-38(34,35)17-7-9-19(27)20(28)12-17/h3-5,7,9,11-14,31H,6,8,10H2,1-2H3,(H,29,30,32)/t13-,14-/m1/s1. The number of aromatic nitrogens is 2. The summed E-state index contributed by atoms with van der Waals surface area (Å²) in [6.45, 7) is 3.82. The van der Waals surface area contributed by atoms with Gasteiger partial charge in [-0.1, -0.05) is 36.2 Å². The summed E-state index contributed by atoms with van der Waals surface area (Å²) in [5, 5.41) is 0.955. The van der Waals surface area contributed by atoms with Crippen molar-refractivity contribution in [1.82, 2.24) is 9.97 Å². The molecule has 8 nitrogen and oxygen atoms in total. The van der Waals surface area contributed by atoms with E-state index in [0.29, 0.717) is 16.1 Å². The van der Waals surface area contributed by atoms with Crippen LogP contribution in [0.4, 0.5) is 5.69 Å². The molecular formula is C26H23Cl2N3O5S2. The number of benzene rings is 2. The minimum Gasteiger partial charge on any atom is -0.451 e. The van der Waals surface area contributed by atoms with Gasteiger partial charge < -0.3 is 9.72 Å². The number of hydrogen-bond donors (Lipinski definition) is 2. The first-order valence-corrected chi connectivity index (χ1v) is 14.9. The Hall–Kier alpha value is -2.92. The number of thiophene rings is 1. The second-order valence-corrected chi connectivity index (χ2v) is 12.9. The maximum Gasteiger partial charge on any atom is 0.338 e.